The van der Waals surface area contributed by atoms with Crippen molar-refractivity contribution in [3.05, 3.63) is 12.2 Å². The van der Waals surface area contributed by atoms with Crippen LogP contribution in [0.5, 0.6) is 0 Å². The van der Waals surface area contributed by atoms with Crippen LogP contribution >= 0.6 is 7.82 Å². The van der Waals surface area contributed by atoms with Gasteiger partial charge in [-0.15, -0.1) is 0 Å². The van der Waals surface area contributed by atoms with E-state index in [1.54, 1.807) is 0 Å². The van der Waals surface area contributed by atoms with E-state index >= 15 is 0 Å². The molecule has 0 heterocycles. The van der Waals surface area contributed by atoms with Crippen LogP contribution in [0.4, 0.5) is 0 Å². The highest BCUT2D eigenvalue weighted by Crippen LogP contribution is 2.43. The predicted molar refractivity (Wildman–Crippen MR) is 286 cm³/mol. The quantitative estimate of drug-likeness (QED) is 0.0243. The van der Waals surface area contributed by atoms with Crippen molar-refractivity contribution in [2.24, 2.45) is 0 Å². The number of carbonyl (C=O) groups excluding carboxylic acids is 1. The highest BCUT2D eigenvalue weighted by molar-refractivity contribution is 7.47. The fourth-order valence-corrected chi connectivity index (χ4v) is 9.66. The van der Waals surface area contributed by atoms with Crippen LogP contribution in [0, 0.1) is 0 Å². The molecule has 3 N–H and O–H groups in total. The van der Waals surface area contributed by atoms with Crippen molar-refractivity contribution in [2.75, 3.05) is 40.9 Å². The van der Waals surface area contributed by atoms with Gasteiger partial charge in [0.25, 0.3) is 0 Å². The average molecular weight is 957 g/mol. The maximum absolute atomic E-state index is 13.0. The van der Waals surface area contributed by atoms with Gasteiger partial charge in [0.2, 0.25) is 5.91 Å². The Balaban J connectivity index is 4.15. The fraction of sp³-hybridized carbons (Fsp3) is 0.947. The van der Waals surface area contributed by atoms with Crippen LogP contribution in [0.25, 0.3) is 0 Å². The molecule has 0 aromatic heterocycles. The number of hydrogen-bond donors (Lipinski definition) is 3. The number of rotatable bonds is 54. The number of nitrogens with one attached hydrogen (secondary N) is 1. The summed E-state index contributed by atoms with van der Waals surface area (Å²) in [7, 11) is 1.63. The Morgan fingerprint density at radius 2 is 0.818 bits per heavy atom. The summed E-state index contributed by atoms with van der Waals surface area (Å²) in [6, 6.07) is -0.760. The first kappa shape index (κ1) is 65.2. The van der Waals surface area contributed by atoms with Crippen molar-refractivity contribution in [1.29, 1.82) is 0 Å². The topological polar surface area (TPSA) is 105 Å². The minimum Gasteiger partial charge on any atom is -0.391 e. The van der Waals surface area contributed by atoms with Crippen LogP contribution in [0.15, 0.2) is 12.2 Å². The molecule has 9 heteroatoms. The first-order valence-corrected chi connectivity index (χ1v) is 30.5. The third-order valence-electron chi connectivity index (χ3n) is 13.5. The summed E-state index contributed by atoms with van der Waals surface area (Å²) in [5.41, 5.74) is 0. The second kappa shape index (κ2) is 49.2. The largest absolute Gasteiger partial charge is 0.472 e. The molecule has 0 aliphatic heterocycles. The molecule has 0 aromatic carbocycles. The Bertz CT molecular complexity index is 1080. The summed E-state index contributed by atoms with van der Waals surface area (Å²) in [6.07, 6.45) is 59.8. The number of allylic oxidation sites excluding steroid dienone is 2. The summed E-state index contributed by atoms with van der Waals surface area (Å²) in [5.74, 6) is -0.143. The van der Waals surface area contributed by atoms with Crippen molar-refractivity contribution < 1.29 is 32.9 Å². The molecule has 0 saturated carbocycles. The van der Waals surface area contributed by atoms with Gasteiger partial charge < -0.3 is 19.8 Å². The SMILES string of the molecule is CCCCCCCCCCC/C=C\CCCCCCCCCC(=O)NC(COP(=O)(O)OCC[N+](C)(C)C)C(O)CCCCCCCCCCCCCCCCCCCCCCCCCC. The number of aliphatic hydroxyl groups excluding tert-OH is 1. The van der Waals surface area contributed by atoms with E-state index in [-0.39, 0.29) is 19.1 Å². The zero-order valence-corrected chi connectivity index (χ0v) is 45.9. The lowest BCUT2D eigenvalue weighted by atomic mass is 10.0. The second-order valence-corrected chi connectivity index (χ2v) is 22.8. The molecule has 3 unspecified atom stereocenters. The summed E-state index contributed by atoms with van der Waals surface area (Å²) in [6.45, 7) is 4.93. The van der Waals surface area contributed by atoms with Crippen LogP contribution in [0.1, 0.15) is 296 Å². The monoisotopic (exact) mass is 956 g/mol. The normalized spacial score (nSPS) is 14.0. The number of unbranched alkanes of at least 4 members (excludes halogenated alkanes) is 39. The van der Waals surface area contributed by atoms with Crippen molar-refractivity contribution in [2.45, 2.75) is 309 Å². The number of phosphoric acid groups is 1. The van der Waals surface area contributed by atoms with Gasteiger partial charge in [0.1, 0.15) is 13.2 Å². The minimum absolute atomic E-state index is 0.0763. The van der Waals surface area contributed by atoms with E-state index in [9.17, 15) is 19.4 Å². The number of hydrogen-bond acceptors (Lipinski definition) is 5. The van der Waals surface area contributed by atoms with Crippen molar-refractivity contribution in [3.8, 4) is 0 Å². The molecule has 0 aliphatic rings. The van der Waals surface area contributed by atoms with E-state index in [0.29, 0.717) is 23.9 Å². The third-order valence-corrected chi connectivity index (χ3v) is 14.5. The molecule has 0 aliphatic carbocycles. The lowest BCUT2D eigenvalue weighted by Gasteiger charge is -2.26. The van der Waals surface area contributed by atoms with Gasteiger partial charge in [-0.3, -0.25) is 13.8 Å². The molecule has 0 radical (unpaired) electrons. The van der Waals surface area contributed by atoms with Crippen molar-refractivity contribution >= 4 is 13.7 Å². The molecule has 0 fully saturated rings. The van der Waals surface area contributed by atoms with Gasteiger partial charge in [-0.2, -0.15) is 0 Å². The van der Waals surface area contributed by atoms with Crippen LogP contribution in [0.3, 0.4) is 0 Å². The smallest absolute Gasteiger partial charge is 0.391 e. The number of phosphoric ester groups is 1. The van der Waals surface area contributed by atoms with Gasteiger partial charge >= 0.3 is 7.82 Å². The molecule has 8 nitrogen and oxygen atoms in total. The maximum atomic E-state index is 13.0. The standard InChI is InChI=1S/C57H115N2O6P/c1-6-8-10-12-14-16-18-20-22-24-26-28-29-30-31-32-34-36-38-40-42-44-46-48-50-56(60)55(54-65-66(62,63)64-53-52-59(3,4)5)58-57(61)51-49-47-45-43-41-39-37-35-33-27-25-23-21-19-17-15-13-11-9-7-2/h27,33,55-56,60H,6-26,28-32,34-54H2,1-5H3,(H-,58,61,62,63)/p+1/b33-27-. The fourth-order valence-electron chi connectivity index (χ4n) is 8.93. The molecular formula is C57H116N2O6P+. The zero-order chi connectivity index (χ0) is 48.5. The number of amides is 1. The molecule has 3 atom stereocenters. The summed E-state index contributed by atoms with van der Waals surface area (Å²) >= 11 is 0. The Kier molecular flexibility index (Phi) is 48.7. The lowest BCUT2D eigenvalue weighted by Crippen LogP contribution is -2.46. The minimum atomic E-state index is -4.32. The van der Waals surface area contributed by atoms with E-state index in [2.05, 4.69) is 31.3 Å². The summed E-state index contributed by atoms with van der Waals surface area (Å²) in [5, 5.41) is 14.1. The van der Waals surface area contributed by atoms with Crippen molar-refractivity contribution in [1.82, 2.24) is 5.32 Å². The lowest BCUT2D eigenvalue weighted by molar-refractivity contribution is -0.870. The van der Waals surface area contributed by atoms with Crippen LogP contribution in [-0.2, 0) is 18.4 Å². The van der Waals surface area contributed by atoms with Crippen LogP contribution in [-0.4, -0.2) is 73.4 Å². The predicted octanol–water partition coefficient (Wildman–Crippen LogP) is 17.4. The number of carbonyl (C=O) groups is 1. The van der Waals surface area contributed by atoms with E-state index in [1.165, 1.54) is 231 Å². The van der Waals surface area contributed by atoms with E-state index in [4.69, 9.17) is 9.05 Å². The first-order valence-electron chi connectivity index (χ1n) is 29.1. The van der Waals surface area contributed by atoms with Crippen molar-refractivity contribution in [3.63, 3.8) is 0 Å². The zero-order valence-electron chi connectivity index (χ0n) is 45.0. The van der Waals surface area contributed by atoms with E-state index in [0.717, 1.165) is 38.5 Å². The molecule has 1 amide bonds. The first-order chi connectivity index (χ1) is 32.0. The Hall–Kier alpha value is -0.760. The molecule has 0 rings (SSSR count). The van der Waals surface area contributed by atoms with Gasteiger partial charge in [0.05, 0.1) is 39.9 Å². The maximum Gasteiger partial charge on any atom is 0.472 e. The highest BCUT2D eigenvalue weighted by atomic mass is 31.2. The van der Waals surface area contributed by atoms with Gasteiger partial charge in [-0.1, -0.05) is 264 Å². The van der Waals surface area contributed by atoms with Gasteiger partial charge in [0.15, 0.2) is 0 Å². The van der Waals surface area contributed by atoms with E-state index < -0.39 is 20.0 Å². The number of aliphatic hydroxyl groups is 1. The van der Waals surface area contributed by atoms with Crippen LogP contribution in [0.2, 0.25) is 0 Å². The number of nitrogens with zero attached hydrogens (tertiary/aromatic N) is 1. The molecule has 0 aromatic rings. The number of likely N-dealkylation sites (N-methyl/N-ethyl adjacent to an activating group) is 1. The average Bonchev–Trinajstić information content (AvgIpc) is 3.28. The molecule has 0 saturated heterocycles. The third kappa shape index (κ3) is 51.1. The molecule has 66 heavy (non-hydrogen) atoms. The van der Waals surface area contributed by atoms with Gasteiger partial charge in [-0.05, 0) is 38.5 Å². The Morgan fingerprint density at radius 1 is 0.500 bits per heavy atom. The molecule has 0 spiro atoms. The Labute approximate surface area is 412 Å². The number of quaternary nitrogens is 1. The van der Waals surface area contributed by atoms with E-state index in [1.807, 2.05) is 21.1 Å². The molecular weight excluding hydrogens is 840 g/mol. The summed E-state index contributed by atoms with van der Waals surface area (Å²) in [4.78, 5) is 23.3. The summed E-state index contributed by atoms with van der Waals surface area (Å²) < 4.78 is 23.8. The van der Waals surface area contributed by atoms with Crippen LogP contribution < -0.4 is 5.32 Å². The molecule has 394 valence electrons. The Morgan fingerprint density at radius 3 is 1.17 bits per heavy atom. The second-order valence-electron chi connectivity index (χ2n) is 21.4. The van der Waals surface area contributed by atoms with Gasteiger partial charge in [-0.25, -0.2) is 4.57 Å². The molecule has 0 bridgehead atoms. The highest BCUT2D eigenvalue weighted by Gasteiger charge is 2.28. The van der Waals surface area contributed by atoms with Gasteiger partial charge in [0, 0.05) is 6.42 Å².